The topological polar surface area (TPSA) is 75.9 Å². The van der Waals surface area contributed by atoms with Crippen LogP contribution in [0.3, 0.4) is 0 Å². The van der Waals surface area contributed by atoms with Gasteiger partial charge in [0.25, 0.3) is 0 Å². The monoisotopic (exact) mass is 395 g/mol. The third-order valence-corrected chi connectivity index (χ3v) is 5.58. The van der Waals surface area contributed by atoms with Gasteiger partial charge in [0.1, 0.15) is 5.54 Å². The molecule has 2 amide bonds. The number of rotatable bonds is 4. The Balaban J connectivity index is 1.71. The van der Waals surface area contributed by atoms with E-state index in [0.717, 1.165) is 10.2 Å². The SMILES string of the molecule is C#CC(C)(C)N1CC(OC(=O)c2ccco2)N(c2nc3ccccc3s2)C1=O. The molecule has 1 fully saturated rings. The van der Waals surface area contributed by atoms with Gasteiger partial charge in [0, 0.05) is 0 Å². The smallest absolute Gasteiger partial charge is 0.376 e. The van der Waals surface area contributed by atoms with Crippen LogP contribution in [0.1, 0.15) is 24.4 Å². The number of terminal acetylenes is 1. The van der Waals surface area contributed by atoms with Crippen molar-refractivity contribution in [3.05, 3.63) is 48.4 Å². The van der Waals surface area contributed by atoms with Gasteiger partial charge in [-0.05, 0) is 38.1 Å². The molecule has 1 atom stereocenters. The van der Waals surface area contributed by atoms with Crippen molar-refractivity contribution in [2.75, 3.05) is 11.4 Å². The summed E-state index contributed by atoms with van der Waals surface area (Å²) in [4.78, 5) is 33.0. The first-order valence-corrected chi connectivity index (χ1v) is 9.41. The minimum absolute atomic E-state index is 0.0614. The first-order chi connectivity index (χ1) is 13.4. The van der Waals surface area contributed by atoms with Crippen molar-refractivity contribution in [3.8, 4) is 12.3 Å². The van der Waals surface area contributed by atoms with Crippen molar-refractivity contribution in [1.82, 2.24) is 9.88 Å². The molecule has 1 aromatic carbocycles. The number of esters is 1. The molecule has 0 aliphatic carbocycles. The molecule has 8 heteroatoms. The number of anilines is 1. The third kappa shape index (κ3) is 3.00. The Kier molecular flexibility index (Phi) is 4.32. The van der Waals surface area contributed by atoms with Crippen LogP contribution in [0.25, 0.3) is 10.2 Å². The summed E-state index contributed by atoms with van der Waals surface area (Å²) in [5, 5.41) is 0.443. The Morgan fingerprint density at radius 1 is 1.36 bits per heavy atom. The highest BCUT2D eigenvalue weighted by molar-refractivity contribution is 7.22. The number of urea groups is 1. The van der Waals surface area contributed by atoms with Crippen LogP contribution in [0.2, 0.25) is 0 Å². The van der Waals surface area contributed by atoms with E-state index in [0.29, 0.717) is 5.13 Å². The average Bonchev–Trinajstić information content (AvgIpc) is 3.40. The lowest BCUT2D eigenvalue weighted by atomic mass is 10.1. The summed E-state index contributed by atoms with van der Waals surface area (Å²) in [7, 11) is 0. The number of carbonyl (C=O) groups is 2. The van der Waals surface area contributed by atoms with Crippen molar-refractivity contribution < 1.29 is 18.7 Å². The molecule has 7 nitrogen and oxygen atoms in total. The summed E-state index contributed by atoms with van der Waals surface area (Å²) in [5.74, 6) is 2.02. The number of para-hydroxylation sites is 1. The van der Waals surface area contributed by atoms with Gasteiger partial charge in [-0.2, -0.15) is 0 Å². The number of benzene rings is 1. The number of thiazole rings is 1. The molecule has 1 aliphatic rings. The van der Waals surface area contributed by atoms with Gasteiger partial charge in [0.2, 0.25) is 12.0 Å². The Morgan fingerprint density at radius 2 is 2.14 bits per heavy atom. The number of aromatic nitrogens is 1. The fraction of sp³-hybridized carbons (Fsp3) is 0.250. The zero-order valence-corrected chi connectivity index (χ0v) is 16.1. The van der Waals surface area contributed by atoms with Gasteiger partial charge in [0.05, 0.1) is 23.0 Å². The summed E-state index contributed by atoms with van der Waals surface area (Å²) in [5.41, 5.74) is -0.0845. The predicted octanol–water partition coefficient (Wildman–Crippen LogP) is 3.73. The largest absolute Gasteiger partial charge is 0.457 e. The molecule has 2 aromatic heterocycles. The molecular weight excluding hydrogens is 378 g/mol. The number of fused-ring (bicyclic) bond motifs is 1. The van der Waals surface area contributed by atoms with E-state index in [1.165, 1.54) is 33.5 Å². The van der Waals surface area contributed by atoms with Gasteiger partial charge < -0.3 is 14.1 Å². The van der Waals surface area contributed by atoms with Crippen molar-refractivity contribution in [1.29, 1.82) is 0 Å². The molecule has 28 heavy (non-hydrogen) atoms. The molecule has 3 heterocycles. The fourth-order valence-electron chi connectivity index (χ4n) is 2.95. The maximum atomic E-state index is 13.2. The van der Waals surface area contributed by atoms with Gasteiger partial charge in [-0.1, -0.05) is 29.4 Å². The molecule has 3 aromatic rings. The minimum atomic E-state index is -0.877. The van der Waals surface area contributed by atoms with Crippen LogP contribution >= 0.6 is 11.3 Å². The van der Waals surface area contributed by atoms with E-state index in [1.54, 1.807) is 19.9 Å². The predicted molar refractivity (Wildman–Crippen MR) is 105 cm³/mol. The summed E-state index contributed by atoms with van der Waals surface area (Å²) < 4.78 is 11.6. The number of hydrogen-bond acceptors (Lipinski definition) is 6. The van der Waals surface area contributed by atoms with E-state index in [9.17, 15) is 9.59 Å². The molecule has 142 valence electrons. The second-order valence-corrected chi connectivity index (χ2v) is 7.78. The van der Waals surface area contributed by atoms with Crippen LogP contribution in [0.4, 0.5) is 9.93 Å². The minimum Gasteiger partial charge on any atom is -0.457 e. The quantitative estimate of drug-likeness (QED) is 0.497. The maximum absolute atomic E-state index is 13.2. The first-order valence-electron chi connectivity index (χ1n) is 8.59. The van der Waals surface area contributed by atoms with Crippen molar-refractivity contribution in [2.45, 2.75) is 25.6 Å². The molecule has 0 spiro atoms. The second kappa shape index (κ2) is 6.69. The molecule has 0 saturated carbocycles. The number of amides is 2. The third-order valence-electron chi connectivity index (χ3n) is 4.55. The fourth-order valence-corrected chi connectivity index (χ4v) is 3.95. The Labute approximate surface area is 165 Å². The highest BCUT2D eigenvalue weighted by atomic mass is 32.1. The standard InChI is InChI=1S/C20H17N3O4S/c1-4-20(2,3)22-12-16(27-17(24)14-9-7-11-26-14)23(19(22)25)18-21-13-8-5-6-10-15(13)28-18/h1,5-11,16H,12H2,2-3H3. The number of furan rings is 1. The van der Waals surface area contributed by atoms with Crippen LogP contribution in [-0.4, -0.2) is 40.2 Å². The van der Waals surface area contributed by atoms with Gasteiger partial charge in [-0.3, -0.25) is 0 Å². The van der Waals surface area contributed by atoms with Crippen molar-refractivity contribution in [2.24, 2.45) is 0 Å². The lowest BCUT2D eigenvalue weighted by molar-refractivity contribution is 0.0273. The van der Waals surface area contributed by atoms with E-state index in [2.05, 4.69) is 10.9 Å². The van der Waals surface area contributed by atoms with Crippen LogP contribution < -0.4 is 4.90 Å². The summed E-state index contributed by atoms with van der Waals surface area (Å²) in [6.45, 7) is 3.65. The van der Waals surface area contributed by atoms with Crippen molar-refractivity contribution >= 4 is 38.7 Å². The van der Waals surface area contributed by atoms with E-state index in [-0.39, 0.29) is 18.3 Å². The zero-order chi connectivity index (χ0) is 19.9. The first kappa shape index (κ1) is 18.1. The number of nitrogens with zero attached hydrogens (tertiary/aromatic N) is 3. The average molecular weight is 395 g/mol. The molecule has 1 aliphatic heterocycles. The molecule has 1 unspecified atom stereocenters. The van der Waals surface area contributed by atoms with E-state index >= 15 is 0 Å². The number of carbonyl (C=O) groups excluding carboxylic acids is 2. The number of hydrogen-bond donors (Lipinski definition) is 0. The van der Waals surface area contributed by atoms with Crippen LogP contribution in [-0.2, 0) is 4.74 Å². The molecule has 1 saturated heterocycles. The molecule has 0 bridgehead atoms. The zero-order valence-electron chi connectivity index (χ0n) is 15.3. The summed E-state index contributed by atoms with van der Waals surface area (Å²) in [6, 6.07) is 10.3. The Hall–Kier alpha value is -3.31. The second-order valence-electron chi connectivity index (χ2n) is 6.77. The summed E-state index contributed by atoms with van der Waals surface area (Å²) >= 11 is 1.35. The maximum Gasteiger partial charge on any atom is 0.376 e. The van der Waals surface area contributed by atoms with Crippen LogP contribution in [0.15, 0.2) is 47.1 Å². The van der Waals surface area contributed by atoms with Crippen molar-refractivity contribution in [3.63, 3.8) is 0 Å². The van der Waals surface area contributed by atoms with E-state index in [1.807, 2.05) is 24.3 Å². The molecule has 4 rings (SSSR count). The van der Waals surface area contributed by atoms with Gasteiger partial charge in [-0.25, -0.2) is 19.5 Å². The normalized spacial score (nSPS) is 17.2. The van der Waals surface area contributed by atoms with E-state index in [4.69, 9.17) is 15.6 Å². The Morgan fingerprint density at radius 3 is 2.82 bits per heavy atom. The van der Waals surface area contributed by atoms with Gasteiger partial charge in [-0.15, -0.1) is 6.42 Å². The van der Waals surface area contributed by atoms with Gasteiger partial charge in [0.15, 0.2) is 5.13 Å². The molecule has 0 N–H and O–H groups in total. The van der Waals surface area contributed by atoms with Crippen LogP contribution in [0.5, 0.6) is 0 Å². The lowest BCUT2D eigenvalue weighted by Gasteiger charge is -2.29. The molecular formula is C20H17N3O4S. The molecule has 0 radical (unpaired) electrons. The van der Waals surface area contributed by atoms with Crippen LogP contribution in [0, 0.1) is 12.3 Å². The highest BCUT2D eigenvalue weighted by Gasteiger charge is 2.47. The van der Waals surface area contributed by atoms with Gasteiger partial charge >= 0.3 is 12.0 Å². The lowest BCUT2D eigenvalue weighted by Crippen LogP contribution is -2.45. The highest BCUT2D eigenvalue weighted by Crippen LogP contribution is 2.35. The summed E-state index contributed by atoms with van der Waals surface area (Å²) in [6.07, 6.45) is 6.13. The Bertz CT molecular complexity index is 1050. The van der Waals surface area contributed by atoms with E-state index < -0.39 is 17.7 Å². The number of ether oxygens (including phenoxy) is 1.